The number of nitrogens with one attached hydrogen (secondary N) is 1. The fourth-order valence-corrected chi connectivity index (χ4v) is 3.43. The summed E-state index contributed by atoms with van der Waals surface area (Å²) in [5.74, 6) is -0.433. The Balaban J connectivity index is 1.55. The molecular weight excluding hydrogens is 392 g/mol. The number of carbonyl (C=O) groups excluding carboxylic acids is 2. The summed E-state index contributed by atoms with van der Waals surface area (Å²) in [4.78, 5) is 37.7. The van der Waals surface area contributed by atoms with Crippen LogP contribution in [0.15, 0.2) is 34.9 Å². The molecule has 1 saturated heterocycles. The zero-order valence-electron chi connectivity index (χ0n) is 16.9. The number of aromatic nitrogens is 1. The van der Waals surface area contributed by atoms with Crippen molar-refractivity contribution in [2.24, 2.45) is 5.92 Å². The van der Waals surface area contributed by atoms with Gasteiger partial charge in [0.15, 0.2) is 11.9 Å². The third-order valence-electron chi connectivity index (χ3n) is 5.05. The number of benzene rings is 1. The summed E-state index contributed by atoms with van der Waals surface area (Å²) < 4.78 is 10.4. The van der Waals surface area contributed by atoms with Gasteiger partial charge in [0, 0.05) is 25.2 Å². The molecule has 1 aliphatic rings. The van der Waals surface area contributed by atoms with Crippen molar-refractivity contribution >= 4 is 29.1 Å². The van der Waals surface area contributed by atoms with E-state index in [0.717, 1.165) is 0 Å². The van der Waals surface area contributed by atoms with Crippen LogP contribution in [-0.2, 0) is 14.3 Å². The SMILES string of the molecule is CCC(OC(=O)C1CCN(c2ccccc2[N+](=O)[O-])CC1)C(=O)Nc1cc(C)on1. The number of ether oxygens (including phenoxy) is 1. The number of hydrogen-bond acceptors (Lipinski definition) is 8. The van der Waals surface area contributed by atoms with Crippen LogP contribution in [0.2, 0.25) is 0 Å². The number of para-hydroxylation sites is 2. The first kappa shape index (κ1) is 21.3. The van der Waals surface area contributed by atoms with E-state index in [1.807, 2.05) is 4.90 Å². The molecule has 1 aromatic heterocycles. The first-order valence-electron chi connectivity index (χ1n) is 9.82. The van der Waals surface area contributed by atoms with Crippen LogP contribution in [0.5, 0.6) is 0 Å². The maximum Gasteiger partial charge on any atom is 0.309 e. The van der Waals surface area contributed by atoms with E-state index in [-0.39, 0.29) is 17.4 Å². The van der Waals surface area contributed by atoms with Crippen molar-refractivity contribution < 1.29 is 23.8 Å². The number of rotatable bonds is 7. The van der Waals surface area contributed by atoms with E-state index in [9.17, 15) is 19.7 Å². The van der Waals surface area contributed by atoms with Crippen molar-refractivity contribution in [3.8, 4) is 0 Å². The van der Waals surface area contributed by atoms with E-state index in [1.165, 1.54) is 6.07 Å². The predicted octanol–water partition coefficient (Wildman–Crippen LogP) is 3.07. The Bertz CT molecular complexity index is 920. The molecule has 0 saturated carbocycles. The monoisotopic (exact) mass is 416 g/mol. The van der Waals surface area contributed by atoms with Gasteiger partial charge in [-0.1, -0.05) is 24.2 Å². The molecule has 1 fully saturated rings. The molecule has 1 aromatic carbocycles. The van der Waals surface area contributed by atoms with Gasteiger partial charge in [0.05, 0.1) is 10.8 Å². The second-order valence-corrected chi connectivity index (χ2v) is 7.15. The van der Waals surface area contributed by atoms with Gasteiger partial charge in [0.1, 0.15) is 11.4 Å². The van der Waals surface area contributed by atoms with Crippen LogP contribution in [0, 0.1) is 23.0 Å². The first-order chi connectivity index (χ1) is 14.4. The van der Waals surface area contributed by atoms with Crippen molar-refractivity contribution in [2.75, 3.05) is 23.3 Å². The van der Waals surface area contributed by atoms with E-state index in [0.29, 0.717) is 43.8 Å². The van der Waals surface area contributed by atoms with Crippen LogP contribution in [0.4, 0.5) is 17.2 Å². The van der Waals surface area contributed by atoms with Gasteiger partial charge >= 0.3 is 5.97 Å². The van der Waals surface area contributed by atoms with Crippen LogP contribution >= 0.6 is 0 Å². The molecule has 0 aliphatic carbocycles. The van der Waals surface area contributed by atoms with E-state index >= 15 is 0 Å². The standard InChI is InChI=1S/C20H24N4O6/c1-3-17(19(25)21-18-12-13(2)30-22-18)29-20(26)14-8-10-23(11-9-14)15-6-4-5-7-16(15)24(27)28/h4-7,12,14,17H,3,8-11H2,1-2H3,(H,21,22,25). The van der Waals surface area contributed by atoms with Crippen molar-refractivity contribution in [3.05, 3.63) is 46.2 Å². The summed E-state index contributed by atoms with van der Waals surface area (Å²) in [6.07, 6.45) is 0.378. The number of carbonyl (C=O) groups is 2. The number of nitro groups is 1. The third-order valence-corrected chi connectivity index (χ3v) is 5.05. The average molecular weight is 416 g/mol. The smallest absolute Gasteiger partial charge is 0.309 e. The normalized spacial score (nSPS) is 15.5. The third kappa shape index (κ3) is 4.94. The zero-order chi connectivity index (χ0) is 21.7. The number of aryl methyl sites for hydroxylation is 1. The van der Waals surface area contributed by atoms with Crippen LogP contribution in [0.25, 0.3) is 0 Å². The largest absolute Gasteiger partial charge is 0.452 e. The highest BCUT2D eigenvalue weighted by Gasteiger charge is 2.31. The highest BCUT2D eigenvalue weighted by atomic mass is 16.6. The average Bonchev–Trinajstić information content (AvgIpc) is 3.16. The van der Waals surface area contributed by atoms with E-state index in [2.05, 4.69) is 10.5 Å². The topological polar surface area (TPSA) is 128 Å². The Hall–Kier alpha value is -3.43. The van der Waals surface area contributed by atoms with Gasteiger partial charge in [-0.15, -0.1) is 0 Å². The molecule has 30 heavy (non-hydrogen) atoms. The number of nitro benzene ring substituents is 1. The molecular formula is C20H24N4O6. The summed E-state index contributed by atoms with van der Waals surface area (Å²) in [5, 5.41) is 17.5. The van der Waals surface area contributed by atoms with Crippen molar-refractivity contribution in [1.82, 2.24) is 5.16 Å². The van der Waals surface area contributed by atoms with E-state index in [4.69, 9.17) is 9.26 Å². The number of anilines is 2. The lowest BCUT2D eigenvalue weighted by atomic mass is 9.96. The Morgan fingerprint density at radius 3 is 2.67 bits per heavy atom. The minimum Gasteiger partial charge on any atom is -0.452 e. The van der Waals surface area contributed by atoms with Crippen molar-refractivity contribution in [3.63, 3.8) is 0 Å². The van der Waals surface area contributed by atoms with Gasteiger partial charge in [-0.3, -0.25) is 19.7 Å². The fourth-order valence-electron chi connectivity index (χ4n) is 3.43. The van der Waals surface area contributed by atoms with Crippen LogP contribution in [-0.4, -0.2) is 41.1 Å². The first-order valence-corrected chi connectivity index (χ1v) is 9.82. The molecule has 10 nitrogen and oxygen atoms in total. The van der Waals surface area contributed by atoms with Gasteiger partial charge in [-0.25, -0.2) is 0 Å². The molecule has 0 bridgehead atoms. The fraction of sp³-hybridized carbons (Fsp3) is 0.450. The Morgan fingerprint density at radius 2 is 2.07 bits per heavy atom. The number of amides is 1. The van der Waals surface area contributed by atoms with Gasteiger partial charge < -0.3 is 19.5 Å². The molecule has 3 rings (SSSR count). The lowest BCUT2D eigenvalue weighted by Crippen LogP contribution is -2.40. The molecule has 0 radical (unpaired) electrons. The molecule has 0 spiro atoms. The number of esters is 1. The van der Waals surface area contributed by atoms with Crippen LogP contribution < -0.4 is 10.2 Å². The quantitative estimate of drug-likeness (QED) is 0.414. The molecule has 2 aromatic rings. The van der Waals surface area contributed by atoms with E-state index in [1.54, 1.807) is 38.1 Å². The molecule has 1 N–H and O–H groups in total. The minimum atomic E-state index is -0.928. The lowest BCUT2D eigenvalue weighted by Gasteiger charge is -2.32. The summed E-state index contributed by atoms with van der Waals surface area (Å²) >= 11 is 0. The zero-order valence-corrected chi connectivity index (χ0v) is 16.9. The van der Waals surface area contributed by atoms with E-state index < -0.39 is 22.9 Å². The summed E-state index contributed by atoms with van der Waals surface area (Å²) in [6.45, 7) is 4.44. The molecule has 160 valence electrons. The molecule has 1 aliphatic heterocycles. The summed E-state index contributed by atoms with van der Waals surface area (Å²) in [7, 11) is 0. The second kappa shape index (κ2) is 9.38. The minimum absolute atomic E-state index is 0.0457. The molecule has 2 heterocycles. The molecule has 1 unspecified atom stereocenters. The Morgan fingerprint density at radius 1 is 1.37 bits per heavy atom. The van der Waals surface area contributed by atoms with Gasteiger partial charge in [0.2, 0.25) is 0 Å². The highest BCUT2D eigenvalue weighted by Crippen LogP contribution is 2.31. The predicted molar refractivity (Wildman–Crippen MR) is 108 cm³/mol. The number of hydrogen-bond donors (Lipinski definition) is 1. The summed E-state index contributed by atoms with van der Waals surface area (Å²) in [6, 6.07) is 8.13. The van der Waals surface area contributed by atoms with Crippen LogP contribution in [0.1, 0.15) is 31.9 Å². The van der Waals surface area contributed by atoms with Crippen molar-refractivity contribution in [2.45, 2.75) is 39.2 Å². The second-order valence-electron chi connectivity index (χ2n) is 7.15. The van der Waals surface area contributed by atoms with Gasteiger partial charge in [0.25, 0.3) is 11.6 Å². The summed E-state index contributed by atoms with van der Waals surface area (Å²) in [5.41, 5.74) is 0.590. The number of nitrogens with zero attached hydrogens (tertiary/aromatic N) is 3. The lowest BCUT2D eigenvalue weighted by molar-refractivity contribution is -0.384. The van der Waals surface area contributed by atoms with Crippen molar-refractivity contribution in [1.29, 1.82) is 0 Å². The molecule has 1 amide bonds. The van der Waals surface area contributed by atoms with Crippen LogP contribution in [0.3, 0.4) is 0 Å². The Labute approximate surface area is 173 Å². The number of piperidine rings is 1. The molecule has 1 atom stereocenters. The maximum atomic E-state index is 12.6. The maximum absolute atomic E-state index is 12.6. The Kier molecular flexibility index (Phi) is 6.65. The van der Waals surface area contributed by atoms with Gasteiger partial charge in [-0.05, 0) is 32.3 Å². The highest BCUT2D eigenvalue weighted by molar-refractivity contribution is 5.94. The molecule has 10 heteroatoms. The van der Waals surface area contributed by atoms with Gasteiger partial charge in [-0.2, -0.15) is 0 Å².